The Kier molecular flexibility index (Phi) is 7.23. The van der Waals surface area contributed by atoms with Crippen molar-refractivity contribution in [3.63, 3.8) is 0 Å². The van der Waals surface area contributed by atoms with Crippen molar-refractivity contribution >= 4 is 5.97 Å². The molecule has 0 aliphatic carbocycles. The number of hydrogen-bond acceptors (Lipinski definition) is 3. The van der Waals surface area contributed by atoms with Crippen molar-refractivity contribution in [2.24, 2.45) is 0 Å². The van der Waals surface area contributed by atoms with E-state index in [0.29, 0.717) is 6.61 Å². The minimum absolute atomic E-state index is 0.0376. The lowest BCUT2D eigenvalue weighted by Crippen LogP contribution is -2.41. The molecule has 1 atom stereocenters. The Bertz CT molecular complexity index is 188. The summed E-state index contributed by atoms with van der Waals surface area (Å²) in [5, 5.41) is 3.21. The maximum Gasteiger partial charge on any atom is 0.323 e. The number of piperidine rings is 1. The van der Waals surface area contributed by atoms with Crippen LogP contribution in [0.1, 0.15) is 58.3 Å². The summed E-state index contributed by atoms with van der Waals surface area (Å²) in [6.07, 6.45) is 9.26. The summed E-state index contributed by atoms with van der Waals surface area (Å²) in [6, 6.07) is -0.0376. The third-order valence-corrected chi connectivity index (χ3v) is 3.09. The molecule has 3 heteroatoms. The van der Waals surface area contributed by atoms with Crippen LogP contribution < -0.4 is 5.32 Å². The highest BCUT2D eigenvalue weighted by Crippen LogP contribution is 2.09. The van der Waals surface area contributed by atoms with Crippen molar-refractivity contribution in [2.75, 3.05) is 13.2 Å². The molecule has 1 rings (SSSR count). The molecule has 0 amide bonds. The van der Waals surface area contributed by atoms with Gasteiger partial charge in [-0.3, -0.25) is 4.79 Å². The predicted octanol–water partition coefficient (Wildman–Crippen LogP) is 2.64. The number of unbranched alkanes of at least 4 members (excludes halogenated alkanes) is 4. The van der Waals surface area contributed by atoms with Crippen molar-refractivity contribution < 1.29 is 9.53 Å². The fourth-order valence-corrected chi connectivity index (χ4v) is 2.03. The Balaban J connectivity index is 1.97. The second kappa shape index (κ2) is 8.57. The average molecular weight is 227 g/mol. The van der Waals surface area contributed by atoms with E-state index in [1.54, 1.807) is 0 Å². The molecule has 1 aliphatic heterocycles. The summed E-state index contributed by atoms with van der Waals surface area (Å²) in [4.78, 5) is 11.6. The zero-order valence-electron chi connectivity index (χ0n) is 10.5. The maximum absolute atomic E-state index is 11.6. The summed E-state index contributed by atoms with van der Waals surface area (Å²) in [7, 11) is 0. The molecule has 0 unspecified atom stereocenters. The number of carbonyl (C=O) groups excluding carboxylic acids is 1. The molecule has 0 spiro atoms. The van der Waals surface area contributed by atoms with Crippen LogP contribution in [0.4, 0.5) is 0 Å². The maximum atomic E-state index is 11.6. The first kappa shape index (κ1) is 13.5. The molecular weight excluding hydrogens is 202 g/mol. The van der Waals surface area contributed by atoms with Crippen molar-refractivity contribution in [1.82, 2.24) is 5.32 Å². The van der Waals surface area contributed by atoms with Gasteiger partial charge in [0.25, 0.3) is 0 Å². The van der Waals surface area contributed by atoms with E-state index in [0.717, 1.165) is 25.8 Å². The topological polar surface area (TPSA) is 38.3 Å². The molecule has 0 bridgehead atoms. The van der Waals surface area contributed by atoms with Gasteiger partial charge in [0.1, 0.15) is 6.04 Å². The second-order valence-electron chi connectivity index (χ2n) is 4.58. The van der Waals surface area contributed by atoms with E-state index in [1.807, 2.05) is 0 Å². The molecule has 1 N–H and O–H groups in total. The van der Waals surface area contributed by atoms with E-state index in [1.165, 1.54) is 32.1 Å². The quantitative estimate of drug-likeness (QED) is 0.537. The van der Waals surface area contributed by atoms with E-state index in [-0.39, 0.29) is 12.0 Å². The van der Waals surface area contributed by atoms with Gasteiger partial charge >= 0.3 is 5.97 Å². The van der Waals surface area contributed by atoms with Crippen LogP contribution in [0.15, 0.2) is 0 Å². The Hall–Kier alpha value is -0.570. The molecule has 94 valence electrons. The summed E-state index contributed by atoms with van der Waals surface area (Å²) in [5.41, 5.74) is 0. The van der Waals surface area contributed by atoms with Crippen molar-refractivity contribution in [3.8, 4) is 0 Å². The lowest BCUT2D eigenvalue weighted by atomic mass is 10.1. The minimum atomic E-state index is -0.0461. The van der Waals surface area contributed by atoms with Gasteiger partial charge in [-0.25, -0.2) is 0 Å². The molecule has 0 aromatic heterocycles. The third kappa shape index (κ3) is 5.50. The first-order valence-corrected chi connectivity index (χ1v) is 6.74. The molecule has 1 heterocycles. The number of nitrogens with one attached hydrogen (secondary N) is 1. The van der Waals surface area contributed by atoms with Gasteiger partial charge in [0.15, 0.2) is 0 Å². The van der Waals surface area contributed by atoms with E-state index in [4.69, 9.17) is 4.74 Å². The van der Waals surface area contributed by atoms with Crippen molar-refractivity contribution in [1.29, 1.82) is 0 Å². The summed E-state index contributed by atoms with van der Waals surface area (Å²) in [6.45, 7) is 3.76. The molecule has 1 saturated heterocycles. The van der Waals surface area contributed by atoms with Gasteiger partial charge < -0.3 is 10.1 Å². The number of hydrogen-bond donors (Lipinski definition) is 1. The van der Waals surface area contributed by atoms with E-state index in [2.05, 4.69) is 12.2 Å². The number of esters is 1. The largest absolute Gasteiger partial charge is 0.465 e. The van der Waals surface area contributed by atoms with Gasteiger partial charge in [-0.2, -0.15) is 0 Å². The van der Waals surface area contributed by atoms with Gasteiger partial charge in [-0.05, 0) is 25.8 Å². The normalized spacial score (nSPS) is 20.7. The molecule has 0 aromatic rings. The molecule has 3 nitrogen and oxygen atoms in total. The molecule has 0 radical (unpaired) electrons. The number of carbonyl (C=O) groups is 1. The highest BCUT2D eigenvalue weighted by Gasteiger charge is 2.21. The van der Waals surface area contributed by atoms with Crippen LogP contribution in [0.25, 0.3) is 0 Å². The van der Waals surface area contributed by atoms with Crippen LogP contribution in [-0.4, -0.2) is 25.2 Å². The van der Waals surface area contributed by atoms with Gasteiger partial charge in [-0.15, -0.1) is 0 Å². The van der Waals surface area contributed by atoms with Crippen molar-refractivity contribution in [3.05, 3.63) is 0 Å². The zero-order chi connectivity index (χ0) is 11.6. The Morgan fingerprint density at radius 2 is 2.06 bits per heavy atom. The summed E-state index contributed by atoms with van der Waals surface area (Å²) >= 11 is 0. The second-order valence-corrected chi connectivity index (χ2v) is 4.58. The van der Waals surface area contributed by atoms with Crippen molar-refractivity contribution in [2.45, 2.75) is 64.3 Å². The smallest absolute Gasteiger partial charge is 0.323 e. The first-order chi connectivity index (χ1) is 7.84. The van der Waals surface area contributed by atoms with Crippen LogP contribution in [0.5, 0.6) is 0 Å². The van der Waals surface area contributed by atoms with E-state index in [9.17, 15) is 4.79 Å². The van der Waals surface area contributed by atoms with E-state index < -0.39 is 0 Å². The average Bonchev–Trinajstić information content (AvgIpc) is 2.34. The Labute approximate surface area is 98.9 Å². The van der Waals surface area contributed by atoms with Gasteiger partial charge in [0.2, 0.25) is 0 Å². The number of rotatable bonds is 7. The lowest BCUT2D eigenvalue weighted by molar-refractivity contribution is -0.146. The Morgan fingerprint density at radius 1 is 1.25 bits per heavy atom. The molecular formula is C13H25NO2. The highest BCUT2D eigenvalue weighted by molar-refractivity contribution is 5.75. The lowest BCUT2D eigenvalue weighted by Gasteiger charge is -2.21. The molecule has 0 aromatic carbocycles. The standard InChI is InChI=1S/C13H25NO2/c1-2-3-4-5-8-11-16-13(15)12-9-6-7-10-14-12/h12,14H,2-11H2,1H3/t12-/m0/s1. The predicted molar refractivity (Wildman–Crippen MR) is 65.4 cm³/mol. The van der Waals surface area contributed by atoms with E-state index >= 15 is 0 Å². The molecule has 1 aliphatic rings. The van der Waals surface area contributed by atoms with Crippen LogP contribution in [-0.2, 0) is 9.53 Å². The molecule has 0 saturated carbocycles. The van der Waals surface area contributed by atoms with Crippen LogP contribution in [0.3, 0.4) is 0 Å². The zero-order valence-corrected chi connectivity index (χ0v) is 10.5. The van der Waals surface area contributed by atoms with Gasteiger partial charge in [0.05, 0.1) is 6.61 Å². The van der Waals surface area contributed by atoms with Crippen LogP contribution in [0, 0.1) is 0 Å². The number of ether oxygens (including phenoxy) is 1. The molecule has 1 fully saturated rings. The fraction of sp³-hybridized carbons (Fsp3) is 0.923. The monoisotopic (exact) mass is 227 g/mol. The van der Waals surface area contributed by atoms with Crippen LogP contribution >= 0.6 is 0 Å². The summed E-state index contributed by atoms with van der Waals surface area (Å²) < 4.78 is 5.26. The van der Waals surface area contributed by atoms with Gasteiger partial charge in [0, 0.05) is 0 Å². The third-order valence-electron chi connectivity index (χ3n) is 3.09. The SMILES string of the molecule is CCCCCCCOC(=O)[C@@H]1CCCCN1. The first-order valence-electron chi connectivity index (χ1n) is 6.74. The van der Waals surface area contributed by atoms with Gasteiger partial charge in [-0.1, -0.05) is 39.0 Å². The fourth-order valence-electron chi connectivity index (χ4n) is 2.03. The highest BCUT2D eigenvalue weighted by atomic mass is 16.5. The summed E-state index contributed by atoms with van der Waals surface area (Å²) in [5.74, 6) is -0.0461. The minimum Gasteiger partial charge on any atom is -0.465 e. The Morgan fingerprint density at radius 3 is 2.75 bits per heavy atom. The molecule has 16 heavy (non-hydrogen) atoms. The van der Waals surface area contributed by atoms with Crippen LogP contribution in [0.2, 0.25) is 0 Å².